The molecule has 7 nitrogen and oxygen atoms in total. The van der Waals surface area contributed by atoms with E-state index in [0.717, 1.165) is 0 Å². The minimum Gasteiger partial charge on any atom is -0.348 e. The Balaban J connectivity index is 2.08. The molecule has 1 amide bonds. The summed E-state index contributed by atoms with van der Waals surface area (Å²) in [5, 5.41) is 13.2. The molecule has 8 heteroatoms. The number of hydrogen-bond donors (Lipinski definition) is 1. The lowest BCUT2D eigenvalue weighted by molar-refractivity contribution is -0.384. The van der Waals surface area contributed by atoms with Crippen LogP contribution in [0.3, 0.4) is 0 Å². The van der Waals surface area contributed by atoms with Crippen LogP contribution in [0.4, 0.5) is 5.69 Å². The van der Waals surface area contributed by atoms with Gasteiger partial charge in [0.25, 0.3) is 11.6 Å². The zero-order chi connectivity index (χ0) is 14.0. The highest BCUT2D eigenvalue weighted by Gasteiger charge is 2.29. The molecule has 1 fully saturated rings. The summed E-state index contributed by atoms with van der Waals surface area (Å²) in [4.78, 5) is 21.9. The van der Waals surface area contributed by atoms with Crippen molar-refractivity contribution in [2.75, 3.05) is 11.5 Å². The van der Waals surface area contributed by atoms with Crippen molar-refractivity contribution in [3.63, 3.8) is 0 Å². The Morgan fingerprint density at radius 1 is 1.42 bits per heavy atom. The highest BCUT2D eigenvalue weighted by molar-refractivity contribution is 7.91. The van der Waals surface area contributed by atoms with Crippen molar-refractivity contribution in [2.45, 2.75) is 12.5 Å². The van der Waals surface area contributed by atoms with Crippen LogP contribution >= 0.6 is 0 Å². The average molecular weight is 284 g/mol. The molecule has 0 aliphatic carbocycles. The van der Waals surface area contributed by atoms with E-state index in [1.54, 1.807) is 0 Å². The van der Waals surface area contributed by atoms with Gasteiger partial charge in [-0.05, 0) is 12.5 Å². The summed E-state index contributed by atoms with van der Waals surface area (Å²) in [6.07, 6.45) is 0.378. The molecule has 0 radical (unpaired) electrons. The Kier molecular flexibility index (Phi) is 3.52. The van der Waals surface area contributed by atoms with Crippen LogP contribution in [0.5, 0.6) is 0 Å². The summed E-state index contributed by atoms with van der Waals surface area (Å²) >= 11 is 0. The number of nitro benzene ring substituents is 1. The van der Waals surface area contributed by atoms with Gasteiger partial charge in [-0.25, -0.2) is 8.42 Å². The Labute approximate surface area is 109 Å². The molecule has 0 bridgehead atoms. The molecule has 1 aromatic rings. The third-order valence-corrected chi connectivity index (χ3v) is 4.65. The maximum absolute atomic E-state index is 11.9. The number of carbonyl (C=O) groups is 1. The van der Waals surface area contributed by atoms with Gasteiger partial charge in [-0.3, -0.25) is 14.9 Å². The largest absolute Gasteiger partial charge is 0.348 e. The Hall–Kier alpha value is -1.96. The van der Waals surface area contributed by atoms with Crippen LogP contribution in [-0.2, 0) is 9.84 Å². The number of carbonyl (C=O) groups excluding carboxylic acids is 1. The Morgan fingerprint density at radius 3 is 2.74 bits per heavy atom. The third-order valence-electron chi connectivity index (χ3n) is 2.89. The van der Waals surface area contributed by atoms with Gasteiger partial charge in [0.05, 0.1) is 16.4 Å². The number of benzene rings is 1. The predicted octanol–water partition coefficient (Wildman–Crippen LogP) is 0.512. The minimum atomic E-state index is -3.07. The van der Waals surface area contributed by atoms with Gasteiger partial charge in [-0.15, -0.1) is 0 Å². The van der Waals surface area contributed by atoms with Gasteiger partial charge in [-0.2, -0.15) is 0 Å². The number of rotatable bonds is 3. The topological polar surface area (TPSA) is 106 Å². The number of nitrogens with zero attached hydrogens (tertiary/aromatic N) is 1. The standard InChI is InChI=1S/C11H12N2O5S/c14-11(12-9-4-5-19(17,18)7-9)8-2-1-3-10(6-8)13(15)16/h1-3,6,9H,4-5,7H2,(H,12,14)/t9-/m0/s1. The van der Waals surface area contributed by atoms with E-state index < -0.39 is 26.7 Å². The zero-order valence-corrected chi connectivity index (χ0v) is 10.7. The highest BCUT2D eigenvalue weighted by atomic mass is 32.2. The number of nitro groups is 1. The van der Waals surface area contributed by atoms with Crippen LogP contribution in [0.15, 0.2) is 24.3 Å². The highest BCUT2D eigenvalue weighted by Crippen LogP contribution is 2.15. The van der Waals surface area contributed by atoms with Gasteiger partial charge >= 0.3 is 0 Å². The minimum absolute atomic E-state index is 0.0624. The fraction of sp³-hybridized carbons (Fsp3) is 0.364. The van der Waals surface area contributed by atoms with Crippen molar-refractivity contribution < 1.29 is 18.1 Å². The summed E-state index contributed by atoms with van der Waals surface area (Å²) in [5.41, 5.74) is -0.0230. The van der Waals surface area contributed by atoms with Crippen molar-refractivity contribution in [2.24, 2.45) is 0 Å². The fourth-order valence-electron chi connectivity index (χ4n) is 1.94. The molecule has 1 saturated heterocycles. The second-order valence-electron chi connectivity index (χ2n) is 4.38. The predicted molar refractivity (Wildman–Crippen MR) is 67.6 cm³/mol. The molecule has 0 saturated carbocycles. The first-order valence-electron chi connectivity index (χ1n) is 5.63. The maximum Gasteiger partial charge on any atom is 0.270 e. The second kappa shape index (κ2) is 4.96. The van der Waals surface area contributed by atoms with E-state index in [0.29, 0.717) is 6.42 Å². The molecule has 0 aromatic heterocycles. The third kappa shape index (κ3) is 3.28. The molecule has 1 N–H and O–H groups in total. The van der Waals surface area contributed by atoms with Gasteiger partial charge < -0.3 is 5.32 Å². The first-order valence-corrected chi connectivity index (χ1v) is 7.45. The number of non-ortho nitro benzene ring substituents is 1. The molecular formula is C11H12N2O5S. The molecule has 19 heavy (non-hydrogen) atoms. The van der Waals surface area contributed by atoms with E-state index in [1.165, 1.54) is 24.3 Å². The van der Waals surface area contributed by atoms with Crippen molar-refractivity contribution in [1.82, 2.24) is 5.32 Å². The zero-order valence-electron chi connectivity index (χ0n) is 9.90. The van der Waals surface area contributed by atoms with Gasteiger partial charge in [0.2, 0.25) is 0 Å². The number of sulfone groups is 1. The summed E-state index contributed by atoms with van der Waals surface area (Å²) in [6.45, 7) is 0. The smallest absolute Gasteiger partial charge is 0.270 e. The van der Waals surface area contributed by atoms with Crippen molar-refractivity contribution in [1.29, 1.82) is 0 Å². The Bertz CT molecular complexity index is 626. The van der Waals surface area contributed by atoms with E-state index in [1.807, 2.05) is 0 Å². The van der Waals surface area contributed by atoms with Crippen LogP contribution in [0.2, 0.25) is 0 Å². The van der Waals surface area contributed by atoms with Crippen LogP contribution in [0, 0.1) is 10.1 Å². The average Bonchev–Trinajstić information content (AvgIpc) is 2.68. The van der Waals surface area contributed by atoms with Gasteiger partial charge in [-0.1, -0.05) is 6.07 Å². The van der Waals surface area contributed by atoms with Crippen LogP contribution in [-0.4, -0.2) is 36.8 Å². The fourth-order valence-corrected chi connectivity index (χ4v) is 3.61. The lowest BCUT2D eigenvalue weighted by Crippen LogP contribution is -2.35. The Morgan fingerprint density at radius 2 is 2.16 bits per heavy atom. The van der Waals surface area contributed by atoms with Crippen molar-refractivity contribution >= 4 is 21.4 Å². The molecule has 1 atom stereocenters. The molecule has 2 rings (SSSR count). The summed E-state index contributed by atoms with van der Waals surface area (Å²) in [6, 6.07) is 4.90. The molecule has 0 spiro atoms. The molecule has 0 unspecified atom stereocenters. The lowest BCUT2D eigenvalue weighted by atomic mass is 10.1. The van der Waals surface area contributed by atoms with E-state index >= 15 is 0 Å². The molecule has 1 aromatic carbocycles. The number of amides is 1. The maximum atomic E-state index is 11.9. The van der Waals surface area contributed by atoms with Gasteiger partial charge in [0.15, 0.2) is 9.84 Å². The van der Waals surface area contributed by atoms with E-state index in [4.69, 9.17) is 0 Å². The lowest BCUT2D eigenvalue weighted by Gasteiger charge is -2.10. The summed E-state index contributed by atoms with van der Waals surface area (Å²) in [5.74, 6) is -0.508. The summed E-state index contributed by atoms with van der Waals surface area (Å²) in [7, 11) is -3.07. The monoisotopic (exact) mass is 284 g/mol. The van der Waals surface area contributed by atoms with E-state index in [2.05, 4.69) is 5.32 Å². The quantitative estimate of drug-likeness (QED) is 0.643. The number of hydrogen-bond acceptors (Lipinski definition) is 5. The normalized spacial score (nSPS) is 20.9. The van der Waals surface area contributed by atoms with Crippen LogP contribution in [0.1, 0.15) is 16.8 Å². The molecule has 1 aliphatic heterocycles. The van der Waals surface area contributed by atoms with Crippen molar-refractivity contribution in [3.05, 3.63) is 39.9 Å². The SMILES string of the molecule is O=C(N[C@H]1CCS(=O)(=O)C1)c1cccc([N+](=O)[O-])c1. The molecule has 102 valence electrons. The van der Waals surface area contributed by atoms with Crippen LogP contribution in [0.25, 0.3) is 0 Å². The van der Waals surface area contributed by atoms with Crippen molar-refractivity contribution in [3.8, 4) is 0 Å². The number of nitrogens with one attached hydrogen (secondary N) is 1. The first-order chi connectivity index (χ1) is 8.87. The van der Waals surface area contributed by atoms with E-state index in [-0.39, 0.29) is 22.8 Å². The molecular weight excluding hydrogens is 272 g/mol. The summed E-state index contributed by atoms with van der Waals surface area (Å²) < 4.78 is 22.5. The first kappa shape index (κ1) is 13.5. The second-order valence-corrected chi connectivity index (χ2v) is 6.61. The van der Waals surface area contributed by atoms with Gasteiger partial charge in [0, 0.05) is 23.7 Å². The van der Waals surface area contributed by atoms with Crippen LogP contribution < -0.4 is 5.32 Å². The molecule has 1 aliphatic rings. The van der Waals surface area contributed by atoms with E-state index in [9.17, 15) is 23.3 Å². The molecule has 1 heterocycles. The van der Waals surface area contributed by atoms with Gasteiger partial charge in [0.1, 0.15) is 0 Å².